The number of hydrogen-bond donors (Lipinski definition) is 0. The number of fused-ring (bicyclic) bond motifs is 6. The average Bonchev–Trinajstić information content (AvgIpc) is 3.05. The highest BCUT2D eigenvalue weighted by molar-refractivity contribution is 7.26. The maximum Gasteiger partial charge on any atom is 0.164 e. The third-order valence-electron chi connectivity index (χ3n) is 16.7. The van der Waals surface area contributed by atoms with Gasteiger partial charge in [-0.15, -0.1) is 11.3 Å². The van der Waals surface area contributed by atoms with Crippen LogP contribution in [0.3, 0.4) is 0 Å². The summed E-state index contributed by atoms with van der Waals surface area (Å²) < 4.78 is 4.97. The molecule has 3 aromatic heterocycles. The van der Waals surface area contributed by atoms with Crippen LogP contribution in [0.4, 0.5) is 0 Å². The predicted molar refractivity (Wildman–Crippen MR) is 361 cm³/mol. The summed E-state index contributed by atoms with van der Waals surface area (Å²) in [7, 11) is 0. The zero-order valence-electron chi connectivity index (χ0n) is 46.7. The highest BCUT2D eigenvalue weighted by Crippen LogP contribution is 2.44. The van der Waals surface area contributed by atoms with Crippen molar-refractivity contribution in [2.24, 2.45) is 0 Å². The van der Waals surface area contributed by atoms with Crippen LogP contribution in [0.1, 0.15) is 0 Å². The molecule has 0 radical (unpaired) electrons. The molecule has 0 fully saturated rings. The van der Waals surface area contributed by atoms with Crippen molar-refractivity contribution in [1.29, 1.82) is 0 Å². The van der Waals surface area contributed by atoms with Crippen LogP contribution in [0.2, 0.25) is 0 Å². The Morgan fingerprint density at radius 1 is 0.221 bits per heavy atom. The molecular weight excluding hydrogens is 1060 g/mol. The molecule has 0 aliphatic rings. The van der Waals surface area contributed by atoms with Crippen molar-refractivity contribution in [2.45, 2.75) is 0 Å². The van der Waals surface area contributed by atoms with Gasteiger partial charge in [-0.25, -0.2) is 15.0 Å². The first-order valence-electron chi connectivity index (χ1n) is 29.1. The first-order valence-corrected chi connectivity index (χ1v) is 29.9. The van der Waals surface area contributed by atoms with E-state index in [4.69, 9.17) is 15.0 Å². The maximum atomic E-state index is 5.02. The zero-order valence-corrected chi connectivity index (χ0v) is 47.5. The lowest BCUT2D eigenvalue weighted by molar-refractivity contribution is 1.07. The number of rotatable bonds is 11. The highest BCUT2D eigenvalue weighted by atomic mass is 32.1. The second-order valence-electron chi connectivity index (χ2n) is 21.9. The van der Waals surface area contributed by atoms with Gasteiger partial charge in [-0.2, -0.15) is 0 Å². The largest absolute Gasteiger partial charge is 0.309 e. The molecule has 86 heavy (non-hydrogen) atoms. The van der Waals surface area contributed by atoms with E-state index in [0.717, 1.165) is 33.5 Å². The van der Waals surface area contributed by atoms with Crippen molar-refractivity contribution in [3.8, 4) is 118 Å². The minimum atomic E-state index is 0.635. The Balaban J connectivity index is 0.706. The summed E-state index contributed by atoms with van der Waals surface area (Å²) in [6.07, 6.45) is 0. The summed E-state index contributed by atoms with van der Waals surface area (Å²) in [5.41, 5.74) is 22.8. The monoisotopic (exact) mass is 1110 g/mol. The Morgan fingerprint density at radius 2 is 0.593 bits per heavy atom. The Morgan fingerprint density at radius 3 is 1.17 bits per heavy atom. The zero-order chi connectivity index (χ0) is 56.9. The summed E-state index contributed by atoms with van der Waals surface area (Å²) in [5.74, 6) is 1.92. The molecule has 0 amide bonds. The van der Waals surface area contributed by atoms with Gasteiger partial charge in [0.15, 0.2) is 17.5 Å². The van der Waals surface area contributed by atoms with E-state index in [9.17, 15) is 0 Å². The van der Waals surface area contributed by atoms with Crippen molar-refractivity contribution in [2.75, 3.05) is 0 Å². The molecule has 0 bridgehead atoms. The van der Waals surface area contributed by atoms with Crippen LogP contribution in [0.5, 0.6) is 0 Å². The lowest BCUT2D eigenvalue weighted by Crippen LogP contribution is -2.00. The average molecular weight is 1110 g/mol. The summed E-state index contributed by atoms with van der Waals surface area (Å²) in [4.78, 5) is 15.0. The molecule has 0 atom stereocenters. The van der Waals surface area contributed by atoms with E-state index in [1.807, 2.05) is 72.0 Å². The number of para-hydroxylation sites is 1. The third kappa shape index (κ3) is 9.43. The standard InChI is InChI=1S/C81H52N4S/c1-4-18-53(19-5-1)59-24-14-27-62(46-59)63-28-16-29-64(48-63)66-42-45-76-73(50-66)70-32-10-12-34-75(70)85(76)69-43-40-55(41-44-69)60-25-15-30-65(47-60)68-51-72(78-74(52-68)71-33-11-13-35-77(71)86-78)56-38-36-54(37-39-56)61-26-17-31-67(49-61)81-83-79(57-20-6-2-7-21-57)82-80(84-81)58-22-8-3-9-23-58/h1-52H. The molecule has 0 aliphatic heterocycles. The van der Waals surface area contributed by atoms with Crippen molar-refractivity contribution < 1.29 is 0 Å². The van der Waals surface area contributed by atoms with Gasteiger partial charge in [0.25, 0.3) is 0 Å². The lowest BCUT2D eigenvalue weighted by atomic mass is 9.93. The quantitative estimate of drug-likeness (QED) is 0.130. The normalized spacial score (nSPS) is 11.5. The van der Waals surface area contributed by atoms with Gasteiger partial charge in [0.05, 0.1) is 11.0 Å². The van der Waals surface area contributed by atoms with Gasteiger partial charge < -0.3 is 4.57 Å². The van der Waals surface area contributed by atoms with Gasteiger partial charge in [-0.3, -0.25) is 0 Å². The first kappa shape index (κ1) is 50.6. The van der Waals surface area contributed by atoms with Gasteiger partial charge in [0, 0.05) is 58.9 Å². The number of nitrogens with zero attached hydrogens (tertiary/aromatic N) is 4. The fourth-order valence-corrected chi connectivity index (χ4v) is 13.5. The minimum absolute atomic E-state index is 0.635. The van der Waals surface area contributed by atoms with Crippen molar-refractivity contribution in [3.05, 3.63) is 315 Å². The maximum absolute atomic E-state index is 5.02. The Labute approximate surface area is 503 Å². The molecule has 4 nitrogen and oxygen atoms in total. The van der Waals surface area contributed by atoms with E-state index < -0.39 is 0 Å². The molecule has 0 saturated heterocycles. The Hall–Kier alpha value is -11.1. The van der Waals surface area contributed by atoms with Crippen LogP contribution in [-0.4, -0.2) is 19.5 Å². The molecule has 5 heteroatoms. The Bertz CT molecular complexity index is 5140. The summed E-state index contributed by atoms with van der Waals surface area (Å²) in [6, 6.07) is 114. The van der Waals surface area contributed by atoms with Crippen LogP contribution in [-0.2, 0) is 0 Å². The van der Waals surface area contributed by atoms with Gasteiger partial charge in [0.2, 0.25) is 0 Å². The van der Waals surface area contributed by atoms with Crippen LogP contribution >= 0.6 is 11.3 Å². The smallest absolute Gasteiger partial charge is 0.164 e. The number of hydrogen-bond acceptors (Lipinski definition) is 4. The van der Waals surface area contributed by atoms with Crippen LogP contribution < -0.4 is 0 Å². The van der Waals surface area contributed by atoms with Crippen LogP contribution in [0.15, 0.2) is 315 Å². The highest BCUT2D eigenvalue weighted by Gasteiger charge is 2.18. The second-order valence-corrected chi connectivity index (χ2v) is 23.0. The van der Waals surface area contributed by atoms with Crippen molar-refractivity contribution in [1.82, 2.24) is 19.5 Å². The van der Waals surface area contributed by atoms with Crippen molar-refractivity contribution in [3.63, 3.8) is 0 Å². The SMILES string of the molecule is c1ccc(-c2cccc(-c3cccc(-c4ccc5c(c4)c4ccccc4n5-c4ccc(-c5cccc(-c6cc(-c7ccc(-c8cccc(-c9nc(-c%10ccccc%10)nc(-c%10ccccc%10)n9)c8)cc7)c7sc8ccccc8c7c6)c5)cc4)c3)c2)cc1. The second kappa shape index (κ2) is 21.6. The third-order valence-corrected chi connectivity index (χ3v) is 17.9. The molecule has 16 aromatic rings. The topological polar surface area (TPSA) is 43.6 Å². The molecule has 0 spiro atoms. The van der Waals surface area contributed by atoms with E-state index in [-0.39, 0.29) is 0 Å². The molecule has 0 unspecified atom stereocenters. The summed E-state index contributed by atoms with van der Waals surface area (Å²) in [6.45, 7) is 0. The Kier molecular flexibility index (Phi) is 12.7. The molecule has 3 heterocycles. The van der Waals surface area contributed by atoms with Gasteiger partial charge in [0.1, 0.15) is 0 Å². The molecule has 13 aromatic carbocycles. The van der Waals surface area contributed by atoms with E-state index >= 15 is 0 Å². The van der Waals surface area contributed by atoms with Gasteiger partial charge in [-0.05, 0) is 145 Å². The minimum Gasteiger partial charge on any atom is -0.309 e. The molecule has 402 valence electrons. The van der Waals surface area contributed by atoms with Crippen LogP contribution in [0, 0.1) is 0 Å². The molecule has 0 N–H and O–H groups in total. The fraction of sp³-hybridized carbons (Fsp3) is 0. The van der Waals surface area contributed by atoms with E-state index in [1.165, 1.54) is 109 Å². The lowest BCUT2D eigenvalue weighted by Gasteiger charge is -2.12. The number of thiophene rings is 1. The molecule has 0 saturated carbocycles. The van der Waals surface area contributed by atoms with Crippen molar-refractivity contribution >= 4 is 53.3 Å². The summed E-state index contributed by atoms with van der Waals surface area (Å²) in [5, 5.41) is 5.01. The number of aromatic nitrogens is 4. The molecule has 0 aliphatic carbocycles. The predicted octanol–water partition coefficient (Wildman–Crippen LogP) is 22.0. The fourth-order valence-electron chi connectivity index (χ4n) is 12.3. The first-order chi connectivity index (χ1) is 42.6. The van der Waals surface area contributed by atoms with E-state index in [1.54, 1.807) is 0 Å². The van der Waals surface area contributed by atoms with Gasteiger partial charge >= 0.3 is 0 Å². The summed E-state index contributed by atoms with van der Waals surface area (Å²) >= 11 is 1.87. The molecule has 16 rings (SSSR count). The van der Waals surface area contributed by atoms with Crippen LogP contribution in [0.25, 0.3) is 160 Å². The number of benzene rings is 13. The van der Waals surface area contributed by atoms with E-state index in [0.29, 0.717) is 17.5 Å². The van der Waals surface area contributed by atoms with Gasteiger partial charge in [-0.1, -0.05) is 243 Å². The molecular formula is C81H52N4S. The van der Waals surface area contributed by atoms with E-state index in [2.05, 4.69) is 259 Å².